The summed E-state index contributed by atoms with van der Waals surface area (Å²) in [6.07, 6.45) is 3.41. The maximum absolute atomic E-state index is 12.8. The Bertz CT molecular complexity index is 835. The Hall–Kier alpha value is -1.93. The summed E-state index contributed by atoms with van der Waals surface area (Å²) < 4.78 is 13.8. The zero-order valence-corrected chi connectivity index (χ0v) is 17.5. The van der Waals surface area contributed by atoms with E-state index in [0.717, 1.165) is 11.6 Å². The summed E-state index contributed by atoms with van der Waals surface area (Å²) in [6.45, 7) is 13.3. The van der Waals surface area contributed by atoms with E-state index in [1.54, 1.807) is 30.8 Å². The molecule has 26 heavy (non-hydrogen) atoms. The second-order valence-electron chi connectivity index (χ2n) is 7.70. The standard InChI is InChI=1S/C18H29N3O4Si/c1-7-25-18(23)14(3)20-11-13(2)16-15(20)10-19-21(17(16)22)12-24-8-9-26(4,5)6/h10-11,14H,7-9,12H2,1-6H3. The predicted molar refractivity (Wildman–Crippen MR) is 104 cm³/mol. The molecule has 0 aromatic carbocycles. The van der Waals surface area contributed by atoms with Crippen LogP contribution >= 0.6 is 0 Å². The normalized spacial score (nSPS) is 13.2. The highest BCUT2D eigenvalue weighted by Crippen LogP contribution is 2.21. The fourth-order valence-corrected chi connectivity index (χ4v) is 3.46. The van der Waals surface area contributed by atoms with E-state index in [0.29, 0.717) is 24.1 Å². The van der Waals surface area contributed by atoms with Gasteiger partial charge < -0.3 is 14.0 Å². The van der Waals surface area contributed by atoms with Gasteiger partial charge >= 0.3 is 5.97 Å². The van der Waals surface area contributed by atoms with Crippen LogP contribution in [0.25, 0.3) is 10.9 Å². The number of esters is 1. The van der Waals surface area contributed by atoms with Crippen molar-refractivity contribution >= 4 is 24.9 Å². The molecule has 0 saturated carbocycles. The van der Waals surface area contributed by atoms with E-state index in [2.05, 4.69) is 24.7 Å². The number of carbonyl (C=O) groups excluding carboxylic acids is 1. The lowest BCUT2D eigenvalue weighted by Crippen LogP contribution is -2.27. The Morgan fingerprint density at radius 3 is 2.65 bits per heavy atom. The maximum Gasteiger partial charge on any atom is 0.328 e. The first-order valence-corrected chi connectivity index (χ1v) is 12.7. The minimum Gasteiger partial charge on any atom is -0.464 e. The molecule has 0 spiro atoms. The first-order valence-electron chi connectivity index (χ1n) is 8.97. The summed E-state index contributed by atoms with van der Waals surface area (Å²) in [6, 6.07) is 0.521. The van der Waals surface area contributed by atoms with Crippen LogP contribution in [0.3, 0.4) is 0 Å². The molecular weight excluding hydrogens is 350 g/mol. The zero-order valence-electron chi connectivity index (χ0n) is 16.5. The van der Waals surface area contributed by atoms with Gasteiger partial charge in [0.05, 0.1) is 23.7 Å². The topological polar surface area (TPSA) is 75.3 Å². The number of aromatic nitrogens is 3. The molecule has 0 aliphatic carbocycles. The van der Waals surface area contributed by atoms with Crippen LogP contribution in [0, 0.1) is 6.92 Å². The van der Waals surface area contributed by atoms with Crippen LogP contribution in [0.15, 0.2) is 17.2 Å². The smallest absolute Gasteiger partial charge is 0.328 e. The minimum absolute atomic E-state index is 0.136. The molecule has 0 amide bonds. The SMILES string of the molecule is CCOC(=O)C(C)n1cc(C)c2c(=O)n(COCC[Si](C)(C)C)ncc21. The number of rotatable bonds is 8. The molecule has 2 aromatic heterocycles. The third kappa shape index (κ3) is 4.61. The van der Waals surface area contributed by atoms with Crippen molar-refractivity contribution in [3.8, 4) is 0 Å². The third-order valence-electron chi connectivity index (χ3n) is 4.28. The van der Waals surface area contributed by atoms with Crippen molar-refractivity contribution in [2.24, 2.45) is 0 Å². The van der Waals surface area contributed by atoms with Crippen LogP contribution in [-0.4, -0.2) is 41.6 Å². The highest BCUT2D eigenvalue weighted by atomic mass is 28.3. The number of aryl methyl sites for hydroxylation is 1. The molecule has 1 unspecified atom stereocenters. The second-order valence-corrected chi connectivity index (χ2v) is 13.3. The van der Waals surface area contributed by atoms with Crippen molar-refractivity contribution in [2.75, 3.05) is 13.2 Å². The van der Waals surface area contributed by atoms with Gasteiger partial charge in [-0.3, -0.25) is 4.79 Å². The summed E-state index contributed by atoms with van der Waals surface area (Å²) in [5.74, 6) is -0.330. The molecule has 0 saturated heterocycles. The lowest BCUT2D eigenvalue weighted by Gasteiger charge is -2.15. The Labute approximate surface area is 154 Å². The molecule has 2 heterocycles. The molecule has 0 aliphatic heterocycles. The summed E-state index contributed by atoms with van der Waals surface area (Å²) in [5.41, 5.74) is 1.23. The molecule has 0 aliphatic rings. The number of hydrogen-bond acceptors (Lipinski definition) is 5. The summed E-state index contributed by atoms with van der Waals surface area (Å²) in [7, 11) is -1.17. The van der Waals surface area contributed by atoms with Gasteiger partial charge in [-0.1, -0.05) is 19.6 Å². The second kappa shape index (κ2) is 8.18. The van der Waals surface area contributed by atoms with Crippen molar-refractivity contribution in [3.63, 3.8) is 0 Å². The molecule has 2 rings (SSSR count). The number of carbonyl (C=O) groups is 1. The van der Waals surface area contributed by atoms with E-state index < -0.39 is 14.1 Å². The van der Waals surface area contributed by atoms with Crippen LogP contribution in [0.4, 0.5) is 0 Å². The first kappa shape index (κ1) is 20.4. The van der Waals surface area contributed by atoms with Crippen LogP contribution in [0.5, 0.6) is 0 Å². The molecular formula is C18H29N3O4Si. The number of ether oxygens (including phenoxy) is 2. The van der Waals surface area contributed by atoms with Crippen LogP contribution < -0.4 is 5.56 Å². The monoisotopic (exact) mass is 379 g/mol. The van der Waals surface area contributed by atoms with E-state index in [1.165, 1.54) is 4.68 Å². The maximum atomic E-state index is 12.8. The van der Waals surface area contributed by atoms with E-state index in [9.17, 15) is 9.59 Å². The average molecular weight is 380 g/mol. The van der Waals surface area contributed by atoms with Crippen molar-refractivity contribution in [3.05, 3.63) is 28.3 Å². The van der Waals surface area contributed by atoms with Gasteiger partial charge in [0.1, 0.15) is 12.8 Å². The van der Waals surface area contributed by atoms with E-state index in [4.69, 9.17) is 9.47 Å². The molecule has 0 N–H and O–H groups in total. The molecule has 2 aromatic rings. The van der Waals surface area contributed by atoms with Crippen LogP contribution in [0.1, 0.15) is 25.5 Å². The molecule has 0 bridgehead atoms. The number of hydrogen-bond donors (Lipinski definition) is 0. The minimum atomic E-state index is -1.17. The molecule has 0 fully saturated rings. The quantitative estimate of drug-likeness (QED) is 0.400. The summed E-state index contributed by atoms with van der Waals surface area (Å²) in [4.78, 5) is 24.8. The Morgan fingerprint density at radius 1 is 1.35 bits per heavy atom. The molecule has 8 heteroatoms. The van der Waals surface area contributed by atoms with E-state index in [1.807, 2.05) is 6.92 Å². The highest BCUT2D eigenvalue weighted by molar-refractivity contribution is 6.76. The van der Waals surface area contributed by atoms with Gasteiger partial charge in [0.25, 0.3) is 5.56 Å². The first-order chi connectivity index (χ1) is 12.2. The molecule has 7 nitrogen and oxygen atoms in total. The van der Waals surface area contributed by atoms with Crippen molar-refractivity contribution in [2.45, 2.75) is 59.2 Å². The van der Waals surface area contributed by atoms with Gasteiger partial charge in [0.2, 0.25) is 0 Å². The Morgan fingerprint density at radius 2 is 2.04 bits per heavy atom. The van der Waals surface area contributed by atoms with E-state index >= 15 is 0 Å². The van der Waals surface area contributed by atoms with Gasteiger partial charge in [0.15, 0.2) is 0 Å². The molecule has 144 valence electrons. The lowest BCUT2D eigenvalue weighted by atomic mass is 10.2. The van der Waals surface area contributed by atoms with Gasteiger partial charge in [0, 0.05) is 20.9 Å². The van der Waals surface area contributed by atoms with Crippen molar-refractivity contribution in [1.82, 2.24) is 14.3 Å². The molecule has 1 atom stereocenters. The van der Waals surface area contributed by atoms with Gasteiger partial charge in [-0.05, 0) is 32.4 Å². The van der Waals surface area contributed by atoms with Crippen molar-refractivity contribution in [1.29, 1.82) is 0 Å². The van der Waals surface area contributed by atoms with E-state index in [-0.39, 0.29) is 18.3 Å². The van der Waals surface area contributed by atoms with Gasteiger partial charge in [-0.15, -0.1) is 0 Å². The van der Waals surface area contributed by atoms with Crippen LogP contribution in [0.2, 0.25) is 25.7 Å². The van der Waals surface area contributed by atoms with Crippen LogP contribution in [-0.2, 0) is 21.0 Å². The fraction of sp³-hybridized carbons (Fsp3) is 0.611. The number of nitrogens with zero attached hydrogens (tertiary/aromatic N) is 3. The van der Waals surface area contributed by atoms with Crippen molar-refractivity contribution < 1.29 is 14.3 Å². The lowest BCUT2D eigenvalue weighted by molar-refractivity contribution is -0.146. The zero-order chi connectivity index (χ0) is 19.5. The third-order valence-corrected chi connectivity index (χ3v) is 5.99. The summed E-state index contributed by atoms with van der Waals surface area (Å²) >= 11 is 0. The average Bonchev–Trinajstić information content (AvgIpc) is 2.89. The predicted octanol–water partition coefficient (Wildman–Crippen LogP) is 2.94. The highest BCUT2D eigenvalue weighted by Gasteiger charge is 2.21. The Balaban J connectivity index is 2.25. The largest absolute Gasteiger partial charge is 0.464 e. The Kier molecular flexibility index (Phi) is 6.41. The van der Waals surface area contributed by atoms with Gasteiger partial charge in [-0.25, -0.2) is 9.48 Å². The summed E-state index contributed by atoms with van der Waals surface area (Å²) in [5, 5.41) is 4.78. The molecule has 0 radical (unpaired) electrons. The fourth-order valence-electron chi connectivity index (χ4n) is 2.71. The number of fused-ring (bicyclic) bond motifs is 1. The van der Waals surface area contributed by atoms with Gasteiger partial charge in [-0.2, -0.15) is 5.10 Å².